The van der Waals surface area contributed by atoms with Gasteiger partial charge in [0.2, 0.25) is 0 Å². The zero-order valence-electron chi connectivity index (χ0n) is 7.78. The summed E-state index contributed by atoms with van der Waals surface area (Å²) in [5.41, 5.74) is 3.37. The van der Waals surface area contributed by atoms with E-state index in [1.165, 1.54) is 0 Å². The SMILES string of the molecule is CC1N=CC(C)N2N[C@H](C)NC12. The predicted octanol–water partition coefficient (Wildman–Crippen LogP) is -0.0703. The summed E-state index contributed by atoms with van der Waals surface area (Å²) in [6.07, 6.45) is 2.73. The van der Waals surface area contributed by atoms with E-state index in [0.717, 1.165) is 0 Å². The Morgan fingerprint density at radius 3 is 2.75 bits per heavy atom. The molecule has 0 saturated carbocycles. The van der Waals surface area contributed by atoms with E-state index in [2.05, 4.69) is 41.5 Å². The standard InChI is InChI=1S/C8H16N4/c1-5-4-9-6(2)8-10-7(3)11-12(5)8/h4-8,10-11H,1-3H3/t5?,6?,7-,8?/m1/s1. The molecule has 2 aliphatic rings. The molecule has 4 atom stereocenters. The van der Waals surface area contributed by atoms with E-state index < -0.39 is 0 Å². The summed E-state index contributed by atoms with van der Waals surface area (Å²) in [5.74, 6) is 0. The lowest BCUT2D eigenvalue weighted by atomic mass is 10.2. The number of nitrogens with zero attached hydrogens (tertiary/aromatic N) is 2. The first-order valence-corrected chi connectivity index (χ1v) is 4.52. The maximum atomic E-state index is 4.42. The Hall–Kier alpha value is -0.450. The zero-order chi connectivity index (χ0) is 8.72. The molecule has 0 amide bonds. The van der Waals surface area contributed by atoms with Crippen molar-refractivity contribution in [1.29, 1.82) is 0 Å². The van der Waals surface area contributed by atoms with Crippen molar-refractivity contribution in [3.05, 3.63) is 0 Å². The molecule has 2 aliphatic heterocycles. The second-order valence-electron chi connectivity index (χ2n) is 3.65. The molecule has 2 heterocycles. The summed E-state index contributed by atoms with van der Waals surface area (Å²) in [5, 5.41) is 5.68. The average Bonchev–Trinajstić information content (AvgIpc) is 2.41. The Balaban J connectivity index is 2.17. The quantitative estimate of drug-likeness (QED) is 0.532. The molecule has 1 fully saturated rings. The maximum Gasteiger partial charge on any atom is 0.0976 e. The number of hydrazine groups is 1. The van der Waals surface area contributed by atoms with Crippen molar-refractivity contribution in [3.8, 4) is 0 Å². The zero-order valence-corrected chi connectivity index (χ0v) is 7.78. The third kappa shape index (κ3) is 1.16. The average molecular weight is 168 g/mol. The first-order valence-electron chi connectivity index (χ1n) is 4.52. The highest BCUT2D eigenvalue weighted by atomic mass is 15.7. The third-order valence-corrected chi connectivity index (χ3v) is 2.50. The van der Waals surface area contributed by atoms with Crippen LogP contribution in [0.1, 0.15) is 20.8 Å². The monoisotopic (exact) mass is 168 g/mol. The minimum Gasteiger partial charge on any atom is -0.290 e. The Bertz CT molecular complexity index is 183. The van der Waals surface area contributed by atoms with E-state index in [0.29, 0.717) is 24.4 Å². The number of hydrogen-bond acceptors (Lipinski definition) is 4. The fraction of sp³-hybridized carbons (Fsp3) is 0.875. The first kappa shape index (κ1) is 8.16. The van der Waals surface area contributed by atoms with Gasteiger partial charge in [0.15, 0.2) is 0 Å². The van der Waals surface area contributed by atoms with E-state index in [9.17, 15) is 0 Å². The van der Waals surface area contributed by atoms with Crippen molar-refractivity contribution in [2.24, 2.45) is 4.99 Å². The molecule has 3 unspecified atom stereocenters. The smallest absolute Gasteiger partial charge is 0.0976 e. The van der Waals surface area contributed by atoms with Gasteiger partial charge in [0, 0.05) is 6.21 Å². The fourth-order valence-corrected chi connectivity index (χ4v) is 1.83. The fourth-order valence-electron chi connectivity index (χ4n) is 1.83. The van der Waals surface area contributed by atoms with Gasteiger partial charge in [-0.3, -0.25) is 10.3 Å². The molecule has 4 heteroatoms. The molecule has 0 spiro atoms. The van der Waals surface area contributed by atoms with Crippen molar-refractivity contribution in [2.45, 2.75) is 45.2 Å². The predicted molar refractivity (Wildman–Crippen MR) is 48.8 cm³/mol. The van der Waals surface area contributed by atoms with Crippen LogP contribution in [0.4, 0.5) is 0 Å². The first-order chi connectivity index (χ1) is 5.68. The molecule has 0 aromatic heterocycles. The van der Waals surface area contributed by atoms with Gasteiger partial charge in [-0.25, -0.2) is 10.4 Å². The minimum absolute atomic E-state index is 0.346. The second-order valence-corrected chi connectivity index (χ2v) is 3.65. The lowest BCUT2D eigenvalue weighted by Gasteiger charge is -2.33. The van der Waals surface area contributed by atoms with Gasteiger partial charge < -0.3 is 0 Å². The molecule has 0 radical (unpaired) electrons. The van der Waals surface area contributed by atoms with Crippen molar-refractivity contribution in [3.63, 3.8) is 0 Å². The topological polar surface area (TPSA) is 39.7 Å². The van der Waals surface area contributed by atoms with Gasteiger partial charge >= 0.3 is 0 Å². The molecular formula is C8H16N4. The van der Waals surface area contributed by atoms with Gasteiger partial charge in [-0.15, -0.1) is 0 Å². The van der Waals surface area contributed by atoms with Crippen molar-refractivity contribution in [2.75, 3.05) is 0 Å². The molecule has 1 saturated heterocycles. The van der Waals surface area contributed by atoms with Gasteiger partial charge in [0.05, 0.1) is 24.4 Å². The summed E-state index contributed by atoms with van der Waals surface area (Å²) < 4.78 is 0. The molecule has 0 aromatic carbocycles. The summed E-state index contributed by atoms with van der Waals surface area (Å²) in [4.78, 5) is 4.42. The number of aliphatic imine (C=N–C) groups is 1. The van der Waals surface area contributed by atoms with Gasteiger partial charge in [-0.2, -0.15) is 0 Å². The van der Waals surface area contributed by atoms with Crippen LogP contribution in [0.3, 0.4) is 0 Å². The van der Waals surface area contributed by atoms with Crippen molar-refractivity contribution >= 4 is 6.21 Å². The Morgan fingerprint density at radius 1 is 1.33 bits per heavy atom. The van der Waals surface area contributed by atoms with Gasteiger partial charge in [-0.05, 0) is 20.8 Å². The highest BCUT2D eigenvalue weighted by Crippen LogP contribution is 2.16. The normalized spacial score (nSPS) is 47.9. The lowest BCUT2D eigenvalue weighted by Crippen LogP contribution is -2.53. The number of fused-ring (bicyclic) bond motifs is 1. The van der Waals surface area contributed by atoms with E-state index in [-0.39, 0.29) is 0 Å². The molecular weight excluding hydrogens is 152 g/mol. The largest absolute Gasteiger partial charge is 0.290 e. The van der Waals surface area contributed by atoms with Crippen LogP contribution in [0.2, 0.25) is 0 Å². The number of nitrogens with one attached hydrogen (secondary N) is 2. The van der Waals surface area contributed by atoms with Gasteiger partial charge in [0.1, 0.15) is 0 Å². The Kier molecular flexibility index (Phi) is 1.90. The Labute approximate surface area is 73.0 Å². The van der Waals surface area contributed by atoms with Crippen LogP contribution in [0, 0.1) is 0 Å². The van der Waals surface area contributed by atoms with Gasteiger partial charge in [-0.1, -0.05) is 0 Å². The van der Waals surface area contributed by atoms with Gasteiger partial charge in [0.25, 0.3) is 0 Å². The van der Waals surface area contributed by atoms with Crippen LogP contribution in [-0.4, -0.2) is 35.6 Å². The summed E-state index contributed by atoms with van der Waals surface area (Å²) in [7, 11) is 0. The van der Waals surface area contributed by atoms with E-state index in [4.69, 9.17) is 0 Å². The second kappa shape index (κ2) is 2.80. The number of hydrogen-bond donors (Lipinski definition) is 2. The van der Waals surface area contributed by atoms with E-state index >= 15 is 0 Å². The maximum absolute atomic E-state index is 4.42. The molecule has 2 rings (SSSR count). The molecule has 12 heavy (non-hydrogen) atoms. The molecule has 0 bridgehead atoms. The van der Waals surface area contributed by atoms with E-state index in [1.54, 1.807) is 0 Å². The van der Waals surface area contributed by atoms with Crippen LogP contribution >= 0.6 is 0 Å². The van der Waals surface area contributed by atoms with Crippen LogP contribution in [0.25, 0.3) is 0 Å². The minimum atomic E-state index is 0.346. The van der Waals surface area contributed by atoms with Crippen molar-refractivity contribution in [1.82, 2.24) is 15.8 Å². The van der Waals surface area contributed by atoms with Crippen LogP contribution < -0.4 is 10.7 Å². The highest BCUT2D eigenvalue weighted by Gasteiger charge is 2.36. The molecule has 0 aliphatic carbocycles. The highest BCUT2D eigenvalue weighted by molar-refractivity contribution is 5.65. The molecule has 68 valence electrons. The number of rotatable bonds is 0. The van der Waals surface area contributed by atoms with Crippen molar-refractivity contribution < 1.29 is 0 Å². The van der Waals surface area contributed by atoms with E-state index in [1.807, 2.05) is 6.21 Å². The Morgan fingerprint density at radius 2 is 2.08 bits per heavy atom. The lowest BCUT2D eigenvalue weighted by molar-refractivity contribution is 0.133. The van der Waals surface area contributed by atoms with Crippen LogP contribution in [0.15, 0.2) is 4.99 Å². The summed E-state index contributed by atoms with van der Waals surface area (Å²) in [6.45, 7) is 6.40. The summed E-state index contributed by atoms with van der Waals surface area (Å²) >= 11 is 0. The molecule has 0 aromatic rings. The van der Waals surface area contributed by atoms with Crippen LogP contribution in [0.5, 0.6) is 0 Å². The molecule has 2 N–H and O–H groups in total. The third-order valence-electron chi connectivity index (χ3n) is 2.50. The van der Waals surface area contributed by atoms with Crippen LogP contribution in [-0.2, 0) is 0 Å². The summed E-state index contributed by atoms with van der Waals surface area (Å²) in [6, 6.07) is 0.738. The molecule has 4 nitrogen and oxygen atoms in total.